The van der Waals surface area contributed by atoms with Crippen LogP contribution >= 0.6 is 0 Å². The highest BCUT2D eigenvalue weighted by Gasteiger charge is 2.21. The number of aliphatic hydroxyl groups is 1. The Balaban J connectivity index is 1.31. The lowest BCUT2D eigenvalue weighted by molar-refractivity contribution is 0.00717. The van der Waals surface area contributed by atoms with Crippen molar-refractivity contribution in [3.05, 3.63) is 53.6 Å². The Morgan fingerprint density at radius 1 is 0.967 bits per heavy atom. The molecule has 0 aliphatic carbocycles. The highest BCUT2D eigenvalue weighted by molar-refractivity contribution is 5.58. The van der Waals surface area contributed by atoms with Gasteiger partial charge in [0.25, 0.3) is 0 Å². The van der Waals surface area contributed by atoms with E-state index in [1.807, 2.05) is 30.3 Å². The van der Waals surface area contributed by atoms with Crippen molar-refractivity contribution in [1.82, 2.24) is 4.90 Å². The van der Waals surface area contributed by atoms with Crippen molar-refractivity contribution in [2.45, 2.75) is 20.0 Å². The first-order valence-corrected chi connectivity index (χ1v) is 10.6. The van der Waals surface area contributed by atoms with E-state index in [4.69, 9.17) is 14.2 Å². The number of nitrogens with zero attached hydrogens (tertiary/aromatic N) is 2. The molecule has 1 aliphatic heterocycles. The lowest BCUT2D eigenvalue weighted by Crippen LogP contribution is -2.49. The largest absolute Gasteiger partial charge is 0.495 e. The second kappa shape index (κ2) is 11.2. The molecule has 0 amide bonds. The van der Waals surface area contributed by atoms with Gasteiger partial charge in [-0.05, 0) is 49.2 Å². The van der Waals surface area contributed by atoms with Gasteiger partial charge in [-0.15, -0.1) is 0 Å². The molecule has 2 aromatic carbocycles. The number of methoxy groups -OCH3 is 1. The first-order valence-electron chi connectivity index (χ1n) is 10.6. The molecule has 2 aromatic rings. The molecule has 1 fully saturated rings. The lowest BCUT2D eigenvalue weighted by Gasteiger charge is -2.37. The summed E-state index contributed by atoms with van der Waals surface area (Å²) >= 11 is 0. The lowest BCUT2D eigenvalue weighted by atomic mass is 10.1. The van der Waals surface area contributed by atoms with Crippen LogP contribution in [0.5, 0.6) is 11.5 Å². The maximum Gasteiger partial charge on any atom is 0.142 e. The molecule has 3 rings (SSSR count). The van der Waals surface area contributed by atoms with Crippen LogP contribution in [0.25, 0.3) is 0 Å². The second-order valence-electron chi connectivity index (χ2n) is 7.78. The number of aryl methyl sites for hydroxylation is 2. The van der Waals surface area contributed by atoms with Crippen molar-refractivity contribution < 1.29 is 19.3 Å². The minimum atomic E-state index is -0.496. The van der Waals surface area contributed by atoms with Gasteiger partial charge in [-0.25, -0.2) is 0 Å². The number of aliphatic hydroxyl groups excluding tert-OH is 1. The van der Waals surface area contributed by atoms with E-state index >= 15 is 0 Å². The van der Waals surface area contributed by atoms with E-state index in [0.29, 0.717) is 26.4 Å². The number of hydrogen-bond donors (Lipinski definition) is 1. The standard InChI is InChI=1S/C24H34N2O4/c1-19-8-9-22(16-20(19)2)30-15-14-29-18-21(27)17-25-10-12-26(13-11-25)23-6-4-5-7-24(23)28-3/h4-9,16,21,27H,10-15,17-18H2,1-3H3. The summed E-state index contributed by atoms with van der Waals surface area (Å²) < 4.78 is 16.8. The number of benzene rings is 2. The summed E-state index contributed by atoms with van der Waals surface area (Å²) in [7, 11) is 1.71. The third-order valence-corrected chi connectivity index (χ3v) is 5.55. The Morgan fingerprint density at radius 2 is 1.73 bits per heavy atom. The van der Waals surface area contributed by atoms with Crippen LogP contribution in [-0.4, -0.2) is 75.8 Å². The molecular weight excluding hydrogens is 380 g/mol. The smallest absolute Gasteiger partial charge is 0.142 e. The molecule has 0 bridgehead atoms. The van der Waals surface area contributed by atoms with E-state index < -0.39 is 6.10 Å². The van der Waals surface area contributed by atoms with E-state index in [1.165, 1.54) is 11.1 Å². The van der Waals surface area contributed by atoms with E-state index in [9.17, 15) is 5.11 Å². The quantitative estimate of drug-likeness (QED) is 0.604. The van der Waals surface area contributed by atoms with Gasteiger partial charge in [0.2, 0.25) is 0 Å². The number of piperazine rings is 1. The van der Waals surface area contributed by atoms with Crippen LogP contribution in [0, 0.1) is 13.8 Å². The molecule has 0 radical (unpaired) electrons. The Kier molecular flexibility index (Phi) is 8.37. The van der Waals surface area contributed by atoms with Gasteiger partial charge >= 0.3 is 0 Å². The number of anilines is 1. The van der Waals surface area contributed by atoms with Crippen molar-refractivity contribution >= 4 is 5.69 Å². The van der Waals surface area contributed by atoms with Crippen molar-refractivity contribution in [2.75, 3.05) is 64.6 Å². The normalized spacial score (nSPS) is 15.8. The molecule has 164 valence electrons. The Bertz CT molecular complexity index is 791. The third kappa shape index (κ3) is 6.36. The summed E-state index contributed by atoms with van der Waals surface area (Å²) in [6, 6.07) is 14.2. The van der Waals surface area contributed by atoms with Crippen molar-refractivity contribution in [3.63, 3.8) is 0 Å². The molecule has 0 saturated carbocycles. The van der Waals surface area contributed by atoms with Gasteiger partial charge in [-0.2, -0.15) is 0 Å². The van der Waals surface area contributed by atoms with Gasteiger partial charge in [0.1, 0.15) is 18.1 Å². The van der Waals surface area contributed by atoms with Crippen LogP contribution < -0.4 is 14.4 Å². The zero-order chi connectivity index (χ0) is 21.3. The predicted octanol–water partition coefficient (Wildman–Crippen LogP) is 2.89. The van der Waals surface area contributed by atoms with Gasteiger partial charge in [0, 0.05) is 32.7 Å². The first kappa shape index (κ1) is 22.4. The number of para-hydroxylation sites is 2. The highest BCUT2D eigenvalue weighted by Crippen LogP contribution is 2.28. The molecule has 1 aliphatic rings. The molecule has 0 aromatic heterocycles. The minimum absolute atomic E-state index is 0.322. The average molecular weight is 415 g/mol. The summed E-state index contributed by atoms with van der Waals surface area (Å²) in [5.41, 5.74) is 3.60. The van der Waals surface area contributed by atoms with Gasteiger partial charge in [-0.1, -0.05) is 18.2 Å². The van der Waals surface area contributed by atoms with Crippen molar-refractivity contribution in [3.8, 4) is 11.5 Å². The second-order valence-corrected chi connectivity index (χ2v) is 7.78. The molecule has 1 heterocycles. The van der Waals surface area contributed by atoms with E-state index in [2.05, 4.69) is 35.8 Å². The van der Waals surface area contributed by atoms with Crippen LogP contribution in [0.15, 0.2) is 42.5 Å². The van der Waals surface area contributed by atoms with E-state index in [0.717, 1.165) is 43.4 Å². The van der Waals surface area contributed by atoms with Crippen LogP contribution in [0.3, 0.4) is 0 Å². The number of ether oxygens (including phenoxy) is 3. The fourth-order valence-corrected chi connectivity index (χ4v) is 3.65. The first-order chi connectivity index (χ1) is 14.6. The van der Waals surface area contributed by atoms with Gasteiger partial charge in [0.15, 0.2) is 0 Å². The molecule has 1 N–H and O–H groups in total. The van der Waals surface area contributed by atoms with Crippen LogP contribution in [0.2, 0.25) is 0 Å². The zero-order valence-corrected chi connectivity index (χ0v) is 18.3. The van der Waals surface area contributed by atoms with Gasteiger partial charge in [-0.3, -0.25) is 4.90 Å². The summed E-state index contributed by atoms with van der Waals surface area (Å²) in [6.07, 6.45) is -0.496. The fourth-order valence-electron chi connectivity index (χ4n) is 3.65. The van der Waals surface area contributed by atoms with Crippen LogP contribution in [0.1, 0.15) is 11.1 Å². The van der Waals surface area contributed by atoms with Gasteiger partial charge in [0.05, 0.1) is 32.1 Å². The van der Waals surface area contributed by atoms with Crippen molar-refractivity contribution in [2.24, 2.45) is 0 Å². The summed E-state index contributed by atoms with van der Waals surface area (Å²) in [5.74, 6) is 1.76. The third-order valence-electron chi connectivity index (χ3n) is 5.55. The Hall–Kier alpha value is -2.28. The number of hydrogen-bond acceptors (Lipinski definition) is 6. The molecule has 1 saturated heterocycles. The molecule has 0 spiro atoms. The molecule has 30 heavy (non-hydrogen) atoms. The Labute approximate surface area is 180 Å². The van der Waals surface area contributed by atoms with Crippen molar-refractivity contribution in [1.29, 1.82) is 0 Å². The number of β-amino-alcohol motifs (C(OH)–C–C–N with tert-alkyl or cyclic N) is 1. The average Bonchev–Trinajstić information content (AvgIpc) is 2.76. The fraction of sp³-hybridized carbons (Fsp3) is 0.500. The monoisotopic (exact) mass is 414 g/mol. The topological polar surface area (TPSA) is 54.4 Å². The highest BCUT2D eigenvalue weighted by atomic mass is 16.5. The molecule has 6 heteroatoms. The van der Waals surface area contributed by atoms with E-state index in [-0.39, 0.29) is 0 Å². The maximum absolute atomic E-state index is 10.3. The zero-order valence-electron chi connectivity index (χ0n) is 18.3. The molecule has 1 unspecified atom stereocenters. The number of rotatable bonds is 10. The van der Waals surface area contributed by atoms with E-state index in [1.54, 1.807) is 7.11 Å². The molecular formula is C24H34N2O4. The maximum atomic E-state index is 10.3. The summed E-state index contributed by atoms with van der Waals surface area (Å²) in [4.78, 5) is 4.62. The van der Waals surface area contributed by atoms with Gasteiger partial charge < -0.3 is 24.2 Å². The summed E-state index contributed by atoms with van der Waals surface area (Å²) in [6.45, 7) is 9.69. The van der Waals surface area contributed by atoms with Crippen LogP contribution in [-0.2, 0) is 4.74 Å². The predicted molar refractivity (Wildman–Crippen MR) is 120 cm³/mol. The SMILES string of the molecule is COc1ccccc1N1CCN(CC(O)COCCOc2ccc(C)c(C)c2)CC1. The Morgan fingerprint density at radius 3 is 2.47 bits per heavy atom. The molecule has 6 nitrogen and oxygen atoms in total. The minimum Gasteiger partial charge on any atom is -0.495 e. The molecule has 1 atom stereocenters. The summed E-state index contributed by atoms with van der Waals surface area (Å²) in [5, 5.41) is 10.3. The van der Waals surface area contributed by atoms with Crippen LogP contribution in [0.4, 0.5) is 5.69 Å².